The van der Waals surface area contributed by atoms with Crippen molar-refractivity contribution in [2.75, 3.05) is 24.7 Å². The van der Waals surface area contributed by atoms with Gasteiger partial charge in [0.05, 0.1) is 11.3 Å². The fourth-order valence-corrected chi connectivity index (χ4v) is 2.07. The molecule has 0 saturated carbocycles. The SMILES string of the molecule is CCS(=O)(=O)CCNC(=O)c1ncccc1C#CCO. The Kier molecular flexibility index (Phi) is 6.15. The molecule has 0 fully saturated rings. The fraction of sp³-hybridized carbons (Fsp3) is 0.385. The van der Waals surface area contributed by atoms with Crippen LogP contribution in [0.4, 0.5) is 0 Å². The molecule has 0 spiro atoms. The number of amides is 1. The van der Waals surface area contributed by atoms with E-state index in [0.717, 1.165) is 0 Å². The van der Waals surface area contributed by atoms with E-state index in [4.69, 9.17) is 5.11 Å². The Morgan fingerprint density at radius 1 is 1.50 bits per heavy atom. The second kappa shape index (κ2) is 7.62. The second-order valence-electron chi connectivity index (χ2n) is 3.85. The van der Waals surface area contributed by atoms with Gasteiger partial charge in [-0.05, 0) is 12.1 Å². The van der Waals surface area contributed by atoms with E-state index in [1.54, 1.807) is 19.1 Å². The van der Waals surface area contributed by atoms with Crippen LogP contribution in [0.5, 0.6) is 0 Å². The van der Waals surface area contributed by atoms with Gasteiger partial charge in [-0.1, -0.05) is 18.8 Å². The lowest BCUT2D eigenvalue weighted by Crippen LogP contribution is -2.30. The number of nitrogens with zero attached hydrogens (tertiary/aromatic N) is 1. The summed E-state index contributed by atoms with van der Waals surface area (Å²) in [6.45, 7) is 1.27. The van der Waals surface area contributed by atoms with Gasteiger partial charge in [0.1, 0.15) is 12.3 Å². The minimum atomic E-state index is -3.12. The lowest BCUT2D eigenvalue weighted by molar-refractivity contribution is 0.0951. The van der Waals surface area contributed by atoms with Crippen LogP contribution in [0.15, 0.2) is 18.3 Å². The van der Waals surface area contributed by atoms with Crippen molar-refractivity contribution in [2.45, 2.75) is 6.92 Å². The minimum absolute atomic E-state index is 0.0262. The van der Waals surface area contributed by atoms with Gasteiger partial charge in [0.2, 0.25) is 0 Å². The molecule has 0 aliphatic carbocycles. The highest BCUT2D eigenvalue weighted by Gasteiger charge is 2.13. The Morgan fingerprint density at radius 3 is 2.90 bits per heavy atom. The molecular formula is C13H16N2O4S. The molecule has 1 heterocycles. The van der Waals surface area contributed by atoms with E-state index in [1.807, 2.05) is 0 Å². The van der Waals surface area contributed by atoms with E-state index in [2.05, 4.69) is 22.1 Å². The van der Waals surface area contributed by atoms with E-state index in [9.17, 15) is 13.2 Å². The van der Waals surface area contributed by atoms with Crippen LogP contribution in [0.2, 0.25) is 0 Å². The molecule has 0 radical (unpaired) electrons. The van der Waals surface area contributed by atoms with Crippen molar-refractivity contribution in [2.24, 2.45) is 0 Å². The molecule has 2 N–H and O–H groups in total. The highest BCUT2D eigenvalue weighted by atomic mass is 32.2. The molecule has 1 amide bonds. The highest BCUT2D eigenvalue weighted by Crippen LogP contribution is 2.03. The van der Waals surface area contributed by atoms with Crippen molar-refractivity contribution in [3.63, 3.8) is 0 Å². The molecule has 0 bridgehead atoms. The quantitative estimate of drug-likeness (QED) is 0.720. The number of rotatable bonds is 5. The first-order valence-electron chi connectivity index (χ1n) is 6.03. The van der Waals surface area contributed by atoms with Crippen LogP contribution in [0.3, 0.4) is 0 Å². The highest BCUT2D eigenvalue weighted by molar-refractivity contribution is 7.91. The zero-order valence-corrected chi connectivity index (χ0v) is 11.9. The maximum atomic E-state index is 11.9. The summed E-state index contributed by atoms with van der Waals surface area (Å²) in [4.78, 5) is 15.8. The van der Waals surface area contributed by atoms with E-state index >= 15 is 0 Å². The van der Waals surface area contributed by atoms with Crippen molar-refractivity contribution in [1.29, 1.82) is 0 Å². The number of aliphatic hydroxyl groups is 1. The molecule has 108 valence electrons. The number of aromatic nitrogens is 1. The monoisotopic (exact) mass is 296 g/mol. The lowest BCUT2D eigenvalue weighted by Gasteiger charge is -2.06. The number of aliphatic hydroxyl groups excluding tert-OH is 1. The molecule has 1 aromatic heterocycles. The van der Waals surface area contributed by atoms with E-state index in [0.29, 0.717) is 5.56 Å². The Balaban J connectivity index is 2.73. The van der Waals surface area contributed by atoms with E-state index < -0.39 is 15.7 Å². The second-order valence-corrected chi connectivity index (χ2v) is 6.32. The van der Waals surface area contributed by atoms with Gasteiger partial charge in [0.25, 0.3) is 5.91 Å². The summed E-state index contributed by atoms with van der Waals surface area (Å²) in [5.74, 6) is 4.50. The Morgan fingerprint density at radius 2 is 2.25 bits per heavy atom. The Labute approximate surface area is 118 Å². The van der Waals surface area contributed by atoms with Gasteiger partial charge in [-0.15, -0.1) is 0 Å². The average molecular weight is 296 g/mol. The van der Waals surface area contributed by atoms with Crippen molar-refractivity contribution < 1.29 is 18.3 Å². The zero-order valence-electron chi connectivity index (χ0n) is 11.1. The molecule has 0 aliphatic rings. The van der Waals surface area contributed by atoms with E-state index in [1.165, 1.54) is 6.20 Å². The minimum Gasteiger partial charge on any atom is -0.384 e. The largest absolute Gasteiger partial charge is 0.384 e. The molecule has 20 heavy (non-hydrogen) atoms. The predicted octanol–water partition coefficient (Wildman–Crippen LogP) is -0.410. The first-order chi connectivity index (χ1) is 9.50. The van der Waals surface area contributed by atoms with Gasteiger partial charge in [0, 0.05) is 18.5 Å². The molecule has 1 aromatic rings. The number of pyridine rings is 1. The van der Waals surface area contributed by atoms with Crippen LogP contribution in [-0.4, -0.2) is 49.1 Å². The summed E-state index contributed by atoms with van der Waals surface area (Å²) < 4.78 is 22.6. The summed E-state index contributed by atoms with van der Waals surface area (Å²) in [6, 6.07) is 3.23. The normalized spacial score (nSPS) is 10.5. The maximum Gasteiger partial charge on any atom is 0.271 e. The number of carbonyl (C=O) groups excluding carboxylic acids is 1. The van der Waals surface area contributed by atoms with Gasteiger partial charge in [-0.2, -0.15) is 0 Å². The van der Waals surface area contributed by atoms with Gasteiger partial charge in [-0.25, -0.2) is 13.4 Å². The van der Waals surface area contributed by atoms with Gasteiger partial charge < -0.3 is 10.4 Å². The first-order valence-corrected chi connectivity index (χ1v) is 7.85. The number of carbonyl (C=O) groups is 1. The molecule has 6 nitrogen and oxygen atoms in total. The number of hydrogen-bond donors (Lipinski definition) is 2. The van der Waals surface area contributed by atoms with Crippen LogP contribution >= 0.6 is 0 Å². The smallest absolute Gasteiger partial charge is 0.271 e. The van der Waals surface area contributed by atoms with Crippen molar-refractivity contribution in [3.05, 3.63) is 29.6 Å². The Bertz CT molecular complexity index is 629. The summed E-state index contributed by atoms with van der Waals surface area (Å²) in [7, 11) is -3.12. The fourth-order valence-electron chi connectivity index (χ4n) is 1.37. The zero-order chi connectivity index (χ0) is 15.0. The summed E-state index contributed by atoms with van der Waals surface area (Å²) in [5, 5.41) is 11.1. The number of sulfone groups is 1. The van der Waals surface area contributed by atoms with Gasteiger partial charge in [-0.3, -0.25) is 4.79 Å². The molecule has 0 atom stereocenters. The summed E-state index contributed by atoms with van der Waals surface area (Å²) in [6.07, 6.45) is 1.45. The molecule has 0 aromatic carbocycles. The standard InChI is InChI=1S/C13H16N2O4S/c1-2-20(18,19)10-8-15-13(17)12-11(6-4-9-16)5-3-7-14-12/h3,5,7,16H,2,8-10H2,1H3,(H,15,17). The van der Waals surface area contributed by atoms with Crippen LogP contribution in [-0.2, 0) is 9.84 Å². The summed E-state index contributed by atoms with van der Waals surface area (Å²) in [5.41, 5.74) is 0.500. The lowest BCUT2D eigenvalue weighted by atomic mass is 10.2. The molecule has 1 rings (SSSR count). The third-order valence-electron chi connectivity index (χ3n) is 2.46. The first kappa shape index (κ1) is 16.1. The topological polar surface area (TPSA) is 96.4 Å². The third kappa shape index (κ3) is 4.99. The molecule has 0 saturated heterocycles. The predicted molar refractivity (Wildman–Crippen MR) is 74.9 cm³/mol. The van der Waals surface area contributed by atoms with Crippen LogP contribution in [0.1, 0.15) is 23.0 Å². The van der Waals surface area contributed by atoms with Crippen molar-refractivity contribution in [1.82, 2.24) is 10.3 Å². The van der Waals surface area contributed by atoms with Crippen molar-refractivity contribution >= 4 is 15.7 Å². The van der Waals surface area contributed by atoms with Crippen LogP contribution in [0.25, 0.3) is 0 Å². The third-order valence-corrected chi connectivity index (χ3v) is 4.17. The molecule has 0 unspecified atom stereocenters. The van der Waals surface area contributed by atoms with Crippen LogP contribution < -0.4 is 5.32 Å². The maximum absolute atomic E-state index is 11.9. The van der Waals surface area contributed by atoms with Crippen molar-refractivity contribution in [3.8, 4) is 11.8 Å². The van der Waals surface area contributed by atoms with Crippen LogP contribution in [0, 0.1) is 11.8 Å². The number of hydrogen-bond acceptors (Lipinski definition) is 5. The molecule has 7 heteroatoms. The van der Waals surface area contributed by atoms with Gasteiger partial charge >= 0.3 is 0 Å². The van der Waals surface area contributed by atoms with Gasteiger partial charge in [0.15, 0.2) is 9.84 Å². The number of nitrogens with one attached hydrogen (secondary N) is 1. The molecule has 0 aliphatic heterocycles. The summed E-state index contributed by atoms with van der Waals surface area (Å²) >= 11 is 0. The Hall–Kier alpha value is -1.91. The van der Waals surface area contributed by atoms with E-state index in [-0.39, 0.29) is 30.4 Å². The molecular weight excluding hydrogens is 280 g/mol. The average Bonchev–Trinajstić information content (AvgIpc) is 2.45.